The lowest BCUT2D eigenvalue weighted by molar-refractivity contribution is -0.138. The van der Waals surface area contributed by atoms with Crippen molar-refractivity contribution in [3.63, 3.8) is 0 Å². The van der Waals surface area contributed by atoms with Gasteiger partial charge in [-0.15, -0.1) is 0 Å². The number of hydrogen-bond donors (Lipinski definition) is 0. The Balaban J connectivity index is 1.80. The van der Waals surface area contributed by atoms with E-state index in [0.29, 0.717) is 24.7 Å². The van der Waals surface area contributed by atoms with Gasteiger partial charge in [0.1, 0.15) is 0 Å². The van der Waals surface area contributed by atoms with E-state index in [2.05, 4.69) is 10.1 Å². The molecule has 1 aliphatic rings. The minimum absolute atomic E-state index is 0.141. The van der Waals surface area contributed by atoms with E-state index in [-0.39, 0.29) is 18.0 Å². The molecule has 1 saturated heterocycles. The Hall–Kier alpha value is -2.38. The number of halogens is 3. The van der Waals surface area contributed by atoms with Crippen molar-refractivity contribution >= 4 is 5.91 Å². The lowest BCUT2D eigenvalue weighted by Gasteiger charge is -2.19. The maximum atomic E-state index is 13.0. The van der Waals surface area contributed by atoms with E-state index in [1.54, 1.807) is 6.92 Å². The standard InChI is InChI=1S/C15H14F3N3O2/c1-9-19-13(23-20-9)10-6-7-21(8-10)14(22)11-4-2-3-5-12(11)15(16,17)18/h2-5,10H,6-8H2,1H3/t10-/m0/s1. The quantitative estimate of drug-likeness (QED) is 0.851. The molecule has 0 spiro atoms. The summed E-state index contributed by atoms with van der Waals surface area (Å²) in [5.74, 6) is 0.143. The Kier molecular flexibility index (Phi) is 3.83. The van der Waals surface area contributed by atoms with Crippen molar-refractivity contribution in [3.8, 4) is 0 Å². The van der Waals surface area contributed by atoms with Crippen LogP contribution in [0, 0.1) is 6.92 Å². The number of rotatable bonds is 2. The first-order valence-electron chi connectivity index (χ1n) is 7.12. The summed E-state index contributed by atoms with van der Waals surface area (Å²) >= 11 is 0. The molecule has 1 aromatic carbocycles. The highest BCUT2D eigenvalue weighted by atomic mass is 19.4. The third-order valence-electron chi connectivity index (χ3n) is 3.83. The second-order valence-electron chi connectivity index (χ2n) is 5.46. The molecule has 1 amide bonds. The summed E-state index contributed by atoms with van der Waals surface area (Å²) in [6.45, 7) is 2.31. The number of carbonyl (C=O) groups is 1. The van der Waals surface area contributed by atoms with E-state index in [1.165, 1.54) is 23.1 Å². The number of hydrogen-bond acceptors (Lipinski definition) is 4. The normalized spacial score (nSPS) is 18.4. The van der Waals surface area contributed by atoms with Gasteiger partial charge in [-0.2, -0.15) is 18.2 Å². The molecular weight excluding hydrogens is 311 g/mol. The highest BCUT2D eigenvalue weighted by Gasteiger charge is 2.38. The van der Waals surface area contributed by atoms with E-state index in [1.807, 2.05) is 0 Å². The smallest absolute Gasteiger partial charge is 0.339 e. The number of aromatic nitrogens is 2. The molecule has 1 aliphatic heterocycles. The van der Waals surface area contributed by atoms with E-state index in [4.69, 9.17) is 4.52 Å². The number of likely N-dealkylation sites (tertiary alicyclic amines) is 1. The SMILES string of the molecule is Cc1noc([C@H]2CCN(C(=O)c3ccccc3C(F)(F)F)C2)n1. The minimum atomic E-state index is -4.56. The number of aryl methyl sites for hydroxylation is 1. The van der Waals surface area contributed by atoms with Gasteiger partial charge in [-0.25, -0.2) is 0 Å². The number of carbonyl (C=O) groups excluding carboxylic acids is 1. The van der Waals surface area contributed by atoms with E-state index in [9.17, 15) is 18.0 Å². The van der Waals surface area contributed by atoms with Crippen LogP contribution in [-0.4, -0.2) is 34.0 Å². The summed E-state index contributed by atoms with van der Waals surface area (Å²) in [5.41, 5.74) is -1.25. The van der Waals surface area contributed by atoms with Crippen LogP contribution in [0.3, 0.4) is 0 Å². The summed E-state index contributed by atoms with van der Waals surface area (Å²) in [6.07, 6.45) is -3.98. The highest BCUT2D eigenvalue weighted by molar-refractivity contribution is 5.96. The van der Waals surface area contributed by atoms with Crippen LogP contribution in [0.25, 0.3) is 0 Å². The van der Waals surface area contributed by atoms with Gasteiger partial charge in [-0.05, 0) is 25.5 Å². The molecule has 2 heterocycles. The topological polar surface area (TPSA) is 59.2 Å². The molecule has 0 aliphatic carbocycles. The lowest BCUT2D eigenvalue weighted by Crippen LogP contribution is -2.30. The molecule has 0 saturated carbocycles. The molecule has 1 aromatic heterocycles. The number of amides is 1. The molecule has 0 unspecified atom stereocenters. The lowest BCUT2D eigenvalue weighted by atomic mass is 10.1. The van der Waals surface area contributed by atoms with Crippen LogP contribution >= 0.6 is 0 Å². The van der Waals surface area contributed by atoms with Gasteiger partial charge in [0.05, 0.1) is 17.0 Å². The van der Waals surface area contributed by atoms with Crippen molar-refractivity contribution in [2.24, 2.45) is 0 Å². The first-order valence-corrected chi connectivity index (χ1v) is 7.12. The van der Waals surface area contributed by atoms with Crippen LogP contribution in [-0.2, 0) is 6.18 Å². The zero-order chi connectivity index (χ0) is 16.6. The van der Waals surface area contributed by atoms with Crippen molar-refractivity contribution in [3.05, 3.63) is 47.1 Å². The molecule has 1 atom stereocenters. The summed E-state index contributed by atoms with van der Waals surface area (Å²) in [5, 5.41) is 3.70. The first kappa shape index (κ1) is 15.5. The van der Waals surface area contributed by atoms with Gasteiger partial charge in [-0.3, -0.25) is 4.79 Å². The molecule has 122 valence electrons. The van der Waals surface area contributed by atoms with Gasteiger partial charge >= 0.3 is 6.18 Å². The van der Waals surface area contributed by atoms with Crippen LogP contribution in [0.2, 0.25) is 0 Å². The largest absolute Gasteiger partial charge is 0.417 e. The van der Waals surface area contributed by atoms with Gasteiger partial charge in [0.15, 0.2) is 5.82 Å². The fourth-order valence-corrected chi connectivity index (χ4v) is 2.71. The zero-order valence-corrected chi connectivity index (χ0v) is 12.3. The zero-order valence-electron chi connectivity index (χ0n) is 12.3. The summed E-state index contributed by atoms with van der Waals surface area (Å²) < 4.78 is 44.2. The minimum Gasteiger partial charge on any atom is -0.339 e. The average Bonchev–Trinajstić information content (AvgIpc) is 3.14. The summed E-state index contributed by atoms with van der Waals surface area (Å²) in [6, 6.07) is 4.82. The van der Waals surface area contributed by atoms with E-state index >= 15 is 0 Å². The van der Waals surface area contributed by atoms with Gasteiger partial charge in [0.25, 0.3) is 5.91 Å². The van der Waals surface area contributed by atoms with Crippen LogP contribution in [0.1, 0.15) is 40.0 Å². The molecule has 23 heavy (non-hydrogen) atoms. The van der Waals surface area contributed by atoms with Crippen molar-refractivity contribution in [2.45, 2.75) is 25.4 Å². The van der Waals surface area contributed by atoms with Crippen LogP contribution in [0.5, 0.6) is 0 Å². The highest BCUT2D eigenvalue weighted by Crippen LogP contribution is 2.34. The molecule has 2 aromatic rings. The monoisotopic (exact) mass is 325 g/mol. The molecule has 0 radical (unpaired) electrons. The van der Waals surface area contributed by atoms with E-state index < -0.39 is 17.6 Å². The van der Waals surface area contributed by atoms with Crippen molar-refractivity contribution in [2.75, 3.05) is 13.1 Å². The maximum absolute atomic E-state index is 13.0. The van der Waals surface area contributed by atoms with Crippen LogP contribution in [0.4, 0.5) is 13.2 Å². The predicted molar refractivity (Wildman–Crippen MR) is 73.7 cm³/mol. The third kappa shape index (κ3) is 3.06. The Morgan fingerprint density at radius 2 is 2.09 bits per heavy atom. The van der Waals surface area contributed by atoms with Crippen molar-refractivity contribution < 1.29 is 22.5 Å². The molecular formula is C15H14F3N3O2. The predicted octanol–water partition coefficient (Wildman–Crippen LogP) is 3.03. The molecule has 5 nitrogen and oxygen atoms in total. The molecule has 8 heteroatoms. The molecule has 1 fully saturated rings. The van der Waals surface area contributed by atoms with Crippen molar-refractivity contribution in [1.29, 1.82) is 0 Å². The van der Waals surface area contributed by atoms with Crippen LogP contribution in [0.15, 0.2) is 28.8 Å². The number of nitrogens with zero attached hydrogens (tertiary/aromatic N) is 3. The van der Waals surface area contributed by atoms with Crippen molar-refractivity contribution in [1.82, 2.24) is 15.0 Å². The fourth-order valence-electron chi connectivity index (χ4n) is 2.71. The Labute approximate surface area is 130 Å². The fraction of sp³-hybridized carbons (Fsp3) is 0.400. The van der Waals surface area contributed by atoms with E-state index in [0.717, 1.165) is 6.07 Å². The third-order valence-corrected chi connectivity index (χ3v) is 3.83. The molecule has 3 rings (SSSR count). The summed E-state index contributed by atoms with van der Waals surface area (Å²) in [7, 11) is 0. The molecule has 0 bridgehead atoms. The number of alkyl halides is 3. The van der Waals surface area contributed by atoms with Gasteiger partial charge in [0.2, 0.25) is 5.89 Å². The second kappa shape index (κ2) is 5.68. The Bertz CT molecular complexity index is 727. The maximum Gasteiger partial charge on any atom is 0.417 e. The Morgan fingerprint density at radius 3 is 2.74 bits per heavy atom. The number of benzene rings is 1. The van der Waals surface area contributed by atoms with Gasteiger partial charge in [0, 0.05) is 13.1 Å². The van der Waals surface area contributed by atoms with Gasteiger partial charge < -0.3 is 9.42 Å². The molecule has 0 N–H and O–H groups in total. The second-order valence-corrected chi connectivity index (χ2v) is 5.46. The van der Waals surface area contributed by atoms with Crippen LogP contribution < -0.4 is 0 Å². The Morgan fingerprint density at radius 1 is 1.35 bits per heavy atom. The average molecular weight is 325 g/mol. The summed E-state index contributed by atoms with van der Waals surface area (Å²) in [4.78, 5) is 18.0. The van der Waals surface area contributed by atoms with Gasteiger partial charge in [-0.1, -0.05) is 17.3 Å². The first-order chi connectivity index (χ1) is 10.9.